The Hall–Kier alpha value is -1.36. The Balaban J connectivity index is 1.63. The second-order valence-electron chi connectivity index (χ2n) is 6.16. The summed E-state index contributed by atoms with van der Waals surface area (Å²) >= 11 is 0. The first-order valence-corrected chi connectivity index (χ1v) is 9.46. The lowest BCUT2D eigenvalue weighted by atomic mass is 9.89. The molecule has 3 rings (SSSR count). The quantitative estimate of drug-likeness (QED) is 0.858. The van der Waals surface area contributed by atoms with Crippen molar-refractivity contribution >= 4 is 16.7 Å². The van der Waals surface area contributed by atoms with Gasteiger partial charge in [-0.2, -0.15) is 0 Å². The van der Waals surface area contributed by atoms with E-state index < -0.39 is 10.8 Å². The third-order valence-corrected chi connectivity index (χ3v) is 6.18. The van der Waals surface area contributed by atoms with Crippen LogP contribution in [0.3, 0.4) is 0 Å². The summed E-state index contributed by atoms with van der Waals surface area (Å²) in [4.78, 5) is 14.5. The summed E-state index contributed by atoms with van der Waals surface area (Å²) in [5, 5.41) is 0. The van der Waals surface area contributed by atoms with Crippen molar-refractivity contribution in [3.05, 3.63) is 29.8 Å². The molecule has 5 heteroatoms. The maximum absolute atomic E-state index is 12.6. The van der Waals surface area contributed by atoms with Gasteiger partial charge in [0, 0.05) is 41.8 Å². The number of hydrogen-bond donors (Lipinski definition) is 0. The molecule has 0 aliphatic carbocycles. The van der Waals surface area contributed by atoms with Crippen molar-refractivity contribution < 1.29 is 13.7 Å². The average Bonchev–Trinajstić information content (AvgIpc) is 2.55. The molecule has 1 aromatic rings. The number of carbonyl (C=O) groups excluding carboxylic acids is 1. The highest BCUT2D eigenvalue weighted by atomic mass is 32.2. The zero-order valence-corrected chi connectivity index (χ0v) is 13.8. The lowest BCUT2D eigenvalue weighted by molar-refractivity contribution is -0.132. The van der Waals surface area contributed by atoms with Gasteiger partial charge in [-0.3, -0.25) is 9.00 Å². The summed E-state index contributed by atoms with van der Waals surface area (Å²) in [5.74, 6) is 2.81. The van der Waals surface area contributed by atoms with Crippen LogP contribution in [0.1, 0.15) is 37.2 Å². The number of nitrogens with zero attached hydrogens (tertiary/aromatic N) is 1. The molecule has 1 amide bonds. The summed E-state index contributed by atoms with van der Waals surface area (Å²) in [7, 11) is 1.21. The SMILES string of the molecule is CN(C(=O)C[C@H]1CCOc2ccccc21)C1CCS(=O)CC1. The van der Waals surface area contributed by atoms with Gasteiger partial charge in [-0.15, -0.1) is 0 Å². The molecule has 0 N–H and O–H groups in total. The summed E-state index contributed by atoms with van der Waals surface area (Å²) < 4.78 is 17.1. The van der Waals surface area contributed by atoms with Gasteiger partial charge in [-0.25, -0.2) is 0 Å². The Morgan fingerprint density at radius 3 is 2.77 bits per heavy atom. The number of ether oxygens (including phenoxy) is 1. The van der Waals surface area contributed by atoms with Crippen LogP contribution in [-0.2, 0) is 15.6 Å². The second kappa shape index (κ2) is 6.82. The first-order valence-electron chi connectivity index (χ1n) is 7.97. The lowest BCUT2D eigenvalue weighted by Crippen LogP contribution is -2.41. The molecule has 0 saturated carbocycles. The van der Waals surface area contributed by atoms with Gasteiger partial charge in [-0.05, 0) is 36.8 Å². The molecular formula is C17H23NO3S. The number of amides is 1. The van der Waals surface area contributed by atoms with E-state index in [1.165, 1.54) is 0 Å². The van der Waals surface area contributed by atoms with E-state index in [-0.39, 0.29) is 17.9 Å². The molecule has 2 heterocycles. The van der Waals surface area contributed by atoms with E-state index >= 15 is 0 Å². The van der Waals surface area contributed by atoms with Crippen molar-refractivity contribution in [2.24, 2.45) is 0 Å². The van der Waals surface area contributed by atoms with Crippen molar-refractivity contribution in [1.82, 2.24) is 4.90 Å². The van der Waals surface area contributed by atoms with E-state index in [0.717, 1.165) is 42.1 Å². The van der Waals surface area contributed by atoms with Gasteiger partial charge in [0.2, 0.25) is 5.91 Å². The summed E-state index contributed by atoms with van der Waals surface area (Å²) in [5.41, 5.74) is 1.15. The molecule has 2 aliphatic rings. The van der Waals surface area contributed by atoms with Crippen LogP contribution in [0.4, 0.5) is 0 Å². The van der Waals surface area contributed by atoms with E-state index in [1.54, 1.807) is 0 Å². The summed E-state index contributed by atoms with van der Waals surface area (Å²) in [6, 6.07) is 8.27. The van der Waals surface area contributed by atoms with E-state index in [2.05, 4.69) is 6.07 Å². The first-order chi connectivity index (χ1) is 10.6. The Morgan fingerprint density at radius 2 is 2.00 bits per heavy atom. The topological polar surface area (TPSA) is 46.6 Å². The third kappa shape index (κ3) is 3.35. The van der Waals surface area contributed by atoms with Gasteiger partial charge in [0.15, 0.2) is 0 Å². The minimum absolute atomic E-state index is 0.194. The van der Waals surface area contributed by atoms with Gasteiger partial charge >= 0.3 is 0 Å². The molecule has 4 nitrogen and oxygen atoms in total. The highest BCUT2D eigenvalue weighted by molar-refractivity contribution is 7.85. The van der Waals surface area contributed by atoms with Crippen LogP contribution < -0.4 is 4.74 Å². The molecule has 2 aliphatic heterocycles. The number of benzene rings is 1. The summed E-state index contributed by atoms with van der Waals surface area (Å²) in [6.45, 7) is 0.682. The van der Waals surface area contributed by atoms with Gasteiger partial charge < -0.3 is 9.64 Å². The molecule has 0 unspecified atom stereocenters. The third-order valence-electron chi connectivity index (χ3n) is 4.80. The second-order valence-corrected chi connectivity index (χ2v) is 7.86. The normalized spacial score (nSPS) is 27.6. The highest BCUT2D eigenvalue weighted by Crippen LogP contribution is 2.36. The van der Waals surface area contributed by atoms with Crippen LogP contribution in [0.15, 0.2) is 24.3 Å². The van der Waals surface area contributed by atoms with Crippen LogP contribution in [0.25, 0.3) is 0 Å². The number of para-hydroxylation sites is 1. The van der Waals surface area contributed by atoms with E-state index in [0.29, 0.717) is 13.0 Å². The summed E-state index contributed by atoms with van der Waals surface area (Å²) in [6.07, 6.45) is 3.15. The van der Waals surface area contributed by atoms with Crippen LogP contribution in [0, 0.1) is 0 Å². The molecule has 0 spiro atoms. The molecule has 1 fully saturated rings. The Bertz CT molecular complexity index is 565. The van der Waals surface area contributed by atoms with Crippen LogP contribution >= 0.6 is 0 Å². The zero-order valence-electron chi connectivity index (χ0n) is 13.0. The standard InChI is InChI=1S/C17H23NO3S/c1-18(14-7-10-22(20)11-8-14)17(19)12-13-6-9-21-16-5-3-2-4-15(13)16/h2-5,13-14H,6-12H2,1H3/t13-,14?,22?/m1/s1. The molecular weight excluding hydrogens is 298 g/mol. The Labute approximate surface area is 134 Å². The predicted molar refractivity (Wildman–Crippen MR) is 87.6 cm³/mol. The van der Waals surface area contributed by atoms with Crippen molar-refractivity contribution in [2.45, 2.75) is 37.6 Å². The smallest absolute Gasteiger partial charge is 0.223 e. The average molecular weight is 321 g/mol. The molecule has 120 valence electrons. The molecule has 1 saturated heterocycles. The number of fused-ring (bicyclic) bond motifs is 1. The van der Waals surface area contributed by atoms with Crippen molar-refractivity contribution in [2.75, 3.05) is 25.2 Å². The maximum Gasteiger partial charge on any atom is 0.223 e. The van der Waals surface area contributed by atoms with E-state index in [4.69, 9.17) is 4.74 Å². The molecule has 1 atom stereocenters. The van der Waals surface area contributed by atoms with Crippen LogP contribution in [0.5, 0.6) is 5.75 Å². The molecule has 0 radical (unpaired) electrons. The van der Waals surface area contributed by atoms with Crippen molar-refractivity contribution in [1.29, 1.82) is 0 Å². The van der Waals surface area contributed by atoms with Gasteiger partial charge in [-0.1, -0.05) is 18.2 Å². The minimum atomic E-state index is -0.681. The minimum Gasteiger partial charge on any atom is -0.493 e. The highest BCUT2D eigenvalue weighted by Gasteiger charge is 2.28. The van der Waals surface area contributed by atoms with Crippen molar-refractivity contribution in [3.63, 3.8) is 0 Å². The van der Waals surface area contributed by atoms with Gasteiger partial charge in [0.1, 0.15) is 5.75 Å². The Kier molecular flexibility index (Phi) is 4.81. The van der Waals surface area contributed by atoms with Crippen LogP contribution in [-0.4, -0.2) is 46.2 Å². The molecule has 0 bridgehead atoms. The molecule has 0 aromatic heterocycles. The fourth-order valence-corrected chi connectivity index (χ4v) is 4.63. The number of carbonyl (C=O) groups is 1. The van der Waals surface area contributed by atoms with Gasteiger partial charge in [0.25, 0.3) is 0 Å². The van der Waals surface area contributed by atoms with Crippen LogP contribution in [0.2, 0.25) is 0 Å². The maximum atomic E-state index is 12.6. The molecule has 1 aromatic carbocycles. The first kappa shape index (κ1) is 15.5. The largest absolute Gasteiger partial charge is 0.493 e. The fourth-order valence-electron chi connectivity index (χ4n) is 3.35. The fraction of sp³-hybridized carbons (Fsp3) is 0.588. The van der Waals surface area contributed by atoms with E-state index in [1.807, 2.05) is 30.1 Å². The zero-order chi connectivity index (χ0) is 15.5. The monoisotopic (exact) mass is 321 g/mol. The predicted octanol–water partition coefficient (Wildman–Crippen LogP) is 2.31. The number of rotatable bonds is 3. The molecule has 22 heavy (non-hydrogen) atoms. The van der Waals surface area contributed by atoms with Gasteiger partial charge in [0.05, 0.1) is 6.61 Å². The van der Waals surface area contributed by atoms with E-state index in [9.17, 15) is 9.00 Å². The van der Waals surface area contributed by atoms with Crippen molar-refractivity contribution in [3.8, 4) is 5.75 Å². The Morgan fingerprint density at radius 1 is 1.27 bits per heavy atom. The number of hydrogen-bond acceptors (Lipinski definition) is 3. The lowest BCUT2D eigenvalue weighted by Gasteiger charge is -2.33.